The first kappa shape index (κ1) is 14.6. The van der Waals surface area contributed by atoms with Gasteiger partial charge < -0.3 is 4.74 Å². The van der Waals surface area contributed by atoms with Crippen molar-refractivity contribution in [3.8, 4) is 5.88 Å². The van der Waals surface area contributed by atoms with Crippen molar-refractivity contribution >= 4 is 44.8 Å². The Labute approximate surface area is 136 Å². The number of aryl methyl sites for hydroxylation is 1. The Morgan fingerprint density at radius 2 is 1.90 bits per heavy atom. The summed E-state index contributed by atoms with van der Waals surface area (Å²) in [5.74, 6) is 0.524. The van der Waals surface area contributed by atoms with Crippen LogP contribution in [-0.4, -0.2) is 9.97 Å². The molecule has 0 aliphatic heterocycles. The molecule has 2 heterocycles. The van der Waals surface area contributed by atoms with Crippen molar-refractivity contribution in [2.45, 2.75) is 20.0 Å². The van der Waals surface area contributed by atoms with Gasteiger partial charge in [-0.25, -0.2) is 4.98 Å². The number of benzene rings is 1. The van der Waals surface area contributed by atoms with Crippen LogP contribution in [0.25, 0.3) is 10.2 Å². The van der Waals surface area contributed by atoms with Crippen molar-refractivity contribution in [3.05, 3.63) is 51.1 Å². The summed E-state index contributed by atoms with van der Waals surface area (Å²) in [6.45, 7) is 2.52. The molecule has 0 radical (unpaired) electrons. The van der Waals surface area contributed by atoms with Crippen LogP contribution in [0.1, 0.15) is 17.4 Å². The predicted molar refractivity (Wildman–Crippen MR) is 87.6 cm³/mol. The molecule has 3 aromatic rings. The van der Waals surface area contributed by atoms with Gasteiger partial charge in [-0.3, -0.25) is 0 Å². The lowest BCUT2D eigenvalue weighted by atomic mass is 10.2. The van der Waals surface area contributed by atoms with Gasteiger partial charge in [-0.1, -0.05) is 30.7 Å². The fourth-order valence-electron chi connectivity index (χ4n) is 1.94. The molecule has 0 aliphatic rings. The first-order valence-corrected chi connectivity index (χ1v) is 8.06. The molecule has 3 rings (SSSR count). The van der Waals surface area contributed by atoms with E-state index in [2.05, 4.69) is 23.0 Å². The highest BCUT2D eigenvalue weighted by Gasteiger charge is 2.12. The normalized spacial score (nSPS) is 11.0. The lowest BCUT2D eigenvalue weighted by Crippen LogP contribution is -1.98. The number of halogens is 2. The molecule has 6 heteroatoms. The molecule has 0 spiro atoms. The summed E-state index contributed by atoms with van der Waals surface area (Å²) in [5, 5.41) is 1.82. The maximum absolute atomic E-state index is 5.97. The molecule has 0 N–H and O–H groups in total. The third kappa shape index (κ3) is 3.28. The highest BCUT2D eigenvalue weighted by atomic mass is 35.5. The Kier molecular flexibility index (Phi) is 4.29. The average molecular weight is 339 g/mol. The van der Waals surface area contributed by atoms with Crippen molar-refractivity contribution in [1.82, 2.24) is 9.97 Å². The molecule has 0 aliphatic carbocycles. The quantitative estimate of drug-likeness (QED) is 0.618. The number of nitrogens with zero attached hydrogens (tertiary/aromatic N) is 2. The van der Waals surface area contributed by atoms with E-state index in [1.807, 2.05) is 24.3 Å². The summed E-state index contributed by atoms with van der Waals surface area (Å²) in [5.41, 5.74) is 1.02. The van der Waals surface area contributed by atoms with Crippen LogP contribution in [0.3, 0.4) is 0 Å². The van der Waals surface area contributed by atoms with E-state index in [0.29, 0.717) is 17.5 Å². The van der Waals surface area contributed by atoms with Gasteiger partial charge in [0.1, 0.15) is 11.4 Å². The van der Waals surface area contributed by atoms with Crippen molar-refractivity contribution in [2.75, 3.05) is 0 Å². The molecule has 1 aromatic carbocycles. The van der Waals surface area contributed by atoms with Gasteiger partial charge in [0.25, 0.3) is 0 Å². The molecule has 0 unspecified atom stereocenters. The highest BCUT2D eigenvalue weighted by Crippen LogP contribution is 2.32. The van der Waals surface area contributed by atoms with Crippen LogP contribution in [0.4, 0.5) is 0 Å². The molecular weight excluding hydrogens is 327 g/mol. The minimum Gasteiger partial charge on any atom is -0.472 e. The molecule has 0 fully saturated rings. The zero-order chi connectivity index (χ0) is 14.8. The van der Waals surface area contributed by atoms with Gasteiger partial charge in [-0.05, 0) is 41.8 Å². The van der Waals surface area contributed by atoms with Crippen LogP contribution in [0.5, 0.6) is 5.88 Å². The fraction of sp³-hybridized carbons (Fsp3) is 0.200. The SMILES string of the molecule is CCc1cc2c(OCc3ccc(Cl)cc3)nc(Cl)nc2s1. The second-order valence-corrected chi connectivity index (χ2v) is 6.39. The summed E-state index contributed by atoms with van der Waals surface area (Å²) in [6.07, 6.45) is 0.954. The second kappa shape index (κ2) is 6.18. The van der Waals surface area contributed by atoms with E-state index in [1.165, 1.54) is 4.88 Å². The molecule has 2 aromatic heterocycles. The monoisotopic (exact) mass is 338 g/mol. The summed E-state index contributed by atoms with van der Waals surface area (Å²) in [4.78, 5) is 10.5. The Morgan fingerprint density at radius 3 is 2.62 bits per heavy atom. The number of aromatic nitrogens is 2. The predicted octanol–water partition coefficient (Wildman–Crippen LogP) is 5.14. The lowest BCUT2D eigenvalue weighted by molar-refractivity contribution is 0.298. The van der Waals surface area contributed by atoms with Gasteiger partial charge >= 0.3 is 0 Å². The summed E-state index contributed by atoms with van der Waals surface area (Å²) < 4.78 is 5.81. The first-order valence-electron chi connectivity index (χ1n) is 6.49. The van der Waals surface area contributed by atoms with Gasteiger partial charge in [-0.15, -0.1) is 11.3 Å². The lowest BCUT2D eigenvalue weighted by Gasteiger charge is -2.06. The number of ether oxygens (including phenoxy) is 1. The summed E-state index contributed by atoms with van der Waals surface area (Å²) >= 11 is 13.5. The van der Waals surface area contributed by atoms with Crippen LogP contribution in [0.2, 0.25) is 10.3 Å². The maximum atomic E-state index is 5.97. The third-order valence-electron chi connectivity index (χ3n) is 3.02. The summed E-state index contributed by atoms with van der Waals surface area (Å²) in [7, 11) is 0. The molecule has 0 atom stereocenters. The van der Waals surface area contributed by atoms with Crippen LogP contribution in [0.15, 0.2) is 30.3 Å². The maximum Gasteiger partial charge on any atom is 0.227 e. The van der Waals surface area contributed by atoms with Gasteiger partial charge in [0.2, 0.25) is 11.2 Å². The first-order chi connectivity index (χ1) is 10.2. The minimum absolute atomic E-state index is 0.207. The molecule has 0 bridgehead atoms. The smallest absolute Gasteiger partial charge is 0.227 e. The van der Waals surface area contributed by atoms with Crippen molar-refractivity contribution < 1.29 is 4.74 Å². The van der Waals surface area contributed by atoms with Gasteiger partial charge in [-0.2, -0.15) is 4.98 Å². The topological polar surface area (TPSA) is 35.0 Å². The molecule has 0 amide bonds. The standard InChI is InChI=1S/C15H12Cl2N2OS/c1-2-11-7-12-13(18-15(17)19-14(12)21-11)20-8-9-3-5-10(16)6-4-9/h3-7H,2,8H2,1H3. The molecule has 21 heavy (non-hydrogen) atoms. The number of rotatable bonds is 4. The minimum atomic E-state index is 0.207. The van der Waals surface area contributed by atoms with Gasteiger partial charge in [0.15, 0.2) is 0 Å². The fourth-order valence-corrected chi connectivity index (χ4v) is 3.23. The number of thiophene rings is 1. The van der Waals surface area contributed by atoms with Crippen molar-refractivity contribution in [2.24, 2.45) is 0 Å². The Morgan fingerprint density at radius 1 is 1.14 bits per heavy atom. The number of fused-ring (bicyclic) bond motifs is 1. The molecular formula is C15H12Cl2N2OS. The molecule has 108 valence electrons. The van der Waals surface area contributed by atoms with Crippen LogP contribution < -0.4 is 4.74 Å². The van der Waals surface area contributed by atoms with E-state index < -0.39 is 0 Å². The largest absolute Gasteiger partial charge is 0.472 e. The van der Waals surface area contributed by atoms with E-state index in [1.54, 1.807) is 11.3 Å². The van der Waals surface area contributed by atoms with Gasteiger partial charge in [0.05, 0.1) is 5.39 Å². The number of hydrogen-bond acceptors (Lipinski definition) is 4. The number of hydrogen-bond donors (Lipinski definition) is 0. The van der Waals surface area contributed by atoms with Gasteiger partial charge in [0, 0.05) is 9.90 Å². The Bertz CT molecular complexity index is 771. The van der Waals surface area contributed by atoms with E-state index >= 15 is 0 Å². The van der Waals surface area contributed by atoms with Crippen LogP contribution >= 0.6 is 34.5 Å². The molecule has 0 saturated heterocycles. The van der Waals surface area contributed by atoms with Crippen molar-refractivity contribution in [1.29, 1.82) is 0 Å². The van der Waals surface area contributed by atoms with Crippen molar-refractivity contribution in [3.63, 3.8) is 0 Å². The molecule has 0 saturated carbocycles. The third-order valence-corrected chi connectivity index (χ3v) is 4.61. The Balaban J connectivity index is 1.88. The van der Waals surface area contributed by atoms with E-state index in [-0.39, 0.29) is 5.28 Å². The van der Waals surface area contributed by atoms with Crippen LogP contribution in [0, 0.1) is 0 Å². The zero-order valence-corrected chi connectivity index (χ0v) is 13.6. The second-order valence-electron chi connectivity index (χ2n) is 4.50. The van der Waals surface area contributed by atoms with E-state index in [9.17, 15) is 0 Å². The highest BCUT2D eigenvalue weighted by molar-refractivity contribution is 7.18. The molecule has 3 nitrogen and oxygen atoms in total. The van der Waals surface area contributed by atoms with E-state index in [0.717, 1.165) is 22.2 Å². The Hall–Kier alpha value is -1.36. The zero-order valence-electron chi connectivity index (χ0n) is 11.3. The average Bonchev–Trinajstić information content (AvgIpc) is 2.89. The van der Waals surface area contributed by atoms with E-state index in [4.69, 9.17) is 27.9 Å². The summed E-state index contributed by atoms with van der Waals surface area (Å²) in [6, 6.07) is 9.58. The van der Waals surface area contributed by atoms with Crippen LogP contribution in [-0.2, 0) is 13.0 Å².